The highest BCUT2D eigenvalue weighted by molar-refractivity contribution is 6.31. The molecule has 4 nitrogen and oxygen atoms in total. The van der Waals surface area contributed by atoms with Crippen molar-refractivity contribution in [2.24, 2.45) is 0 Å². The normalized spacial score (nSPS) is 19.8. The monoisotopic (exact) mass is 530 g/mol. The first-order valence-electron chi connectivity index (χ1n) is 11.2. The van der Waals surface area contributed by atoms with Crippen molar-refractivity contribution in [3.8, 4) is 0 Å². The van der Waals surface area contributed by atoms with E-state index in [2.05, 4.69) is 5.32 Å². The average Bonchev–Trinajstić information content (AvgIpc) is 2.98. The van der Waals surface area contributed by atoms with E-state index in [1.165, 1.54) is 12.1 Å². The van der Waals surface area contributed by atoms with Crippen molar-refractivity contribution in [3.05, 3.63) is 105 Å². The number of nitrogens with one attached hydrogen (secondary N) is 1. The SMILES string of the molecule is O=C1C[C@H](c2ccc(Cl)cc2)CC2=C1[C@H](c1cccc(Cl)c1)N(C(=O)C(F)(F)F)c1ccccc1N2. The summed E-state index contributed by atoms with van der Waals surface area (Å²) in [5.41, 5.74) is 2.12. The van der Waals surface area contributed by atoms with Crippen LogP contribution in [-0.2, 0) is 9.59 Å². The highest BCUT2D eigenvalue weighted by Gasteiger charge is 2.50. The molecule has 0 spiro atoms. The van der Waals surface area contributed by atoms with Gasteiger partial charge in [-0.1, -0.05) is 59.6 Å². The number of fused-ring (bicyclic) bond motifs is 1. The van der Waals surface area contributed by atoms with Gasteiger partial charge < -0.3 is 5.32 Å². The van der Waals surface area contributed by atoms with E-state index in [0.717, 1.165) is 5.56 Å². The first-order chi connectivity index (χ1) is 17.1. The molecule has 2 atom stereocenters. The predicted molar refractivity (Wildman–Crippen MR) is 133 cm³/mol. The fourth-order valence-corrected chi connectivity index (χ4v) is 5.24. The topological polar surface area (TPSA) is 49.4 Å². The largest absolute Gasteiger partial charge is 0.471 e. The van der Waals surface area contributed by atoms with Gasteiger partial charge >= 0.3 is 12.1 Å². The van der Waals surface area contributed by atoms with E-state index in [1.807, 2.05) is 12.1 Å². The smallest absolute Gasteiger partial charge is 0.357 e. The number of halogens is 5. The van der Waals surface area contributed by atoms with Crippen molar-refractivity contribution in [2.75, 3.05) is 10.2 Å². The lowest BCUT2D eigenvalue weighted by Gasteiger charge is -2.35. The van der Waals surface area contributed by atoms with Gasteiger partial charge in [0.25, 0.3) is 0 Å². The van der Waals surface area contributed by atoms with Crippen molar-refractivity contribution >= 4 is 46.3 Å². The van der Waals surface area contributed by atoms with Crippen LogP contribution in [0, 0.1) is 0 Å². The van der Waals surface area contributed by atoms with Crippen LogP contribution in [0.1, 0.15) is 35.9 Å². The van der Waals surface area contributed by atoms with Crippen molar-refractivity contribution in [1.82, 2.24) is 0 Å². The van der Waals surface area contributed by atoms with E-state index in [-0.39, 0.29) is 34.4 Å². The first kappa shape index (κ1) is 24.4. The summed E-state index contributed by atoms with van der Waals surface area (Å²) in [5.74, 6) is -2.62. The zero-order valence-electron chi connectivity index (χ0n) is 18.7. The number of alkyl halides is 3. The number of ketones is 1. The number of benzene rings is 3. The van der Waals surface area contributed by atoms with E-state index in [1.54, 1.807) is 48.5 Å². The van der Waals surface area contributed by atoms with Crippen LogP contribution in [0.5, 0.6) is 0 Å². The summed E-state index contributed by atoms with van der Waals surface area (Å²) in [4.78, 5) is 27.3. The van der Waals surface area contributed by atoms with Crippen LogP contribution in [0.4, 0.5) is 24.5 Å². The standard InChI is InChI=1S/C27H19Cl2F3N2O2/c28-18-10-8-15(9-11-18)17-13-21-24(23(35)14-17)25(16-4-3-5-19(29)12-16)34(26(36)27(30,31)32)22-7-2-1-6-20(22)33-21/h1-12,17,25,33H,13-14H2/t17-,25+/m1/s1. The Morgan fingerprint density at radius 3 is 2.31 bits per heavy atom. The molecule has 0 bridgehead atoms. The lowest BCUT2D eigenvalue weighted by Crippen LogP contribution is -2.45. The zero-order chi connectivity index (χ0) is 25.6. The number of carbonyl (C=O) groups is 2. The Labute approximate surface area is 215 Å². The Kier molecular flexibility index (Phi) is 6.30. The Balaban J connectivity index is 1.73. The molecule has 0 aromatic heterocycles. The zero-order valence-corrected chi connectivity index (χ0v) is 20.2. The quantitative estimate of drug-likeness (QED) is 0.374. The molecular formula is C27H19Cl2F3N2O2. The molecule has 0 unspecified atom stereocenters. The minimum atomic E-state index is -5.17. The van der Waals surface area contributed by atoms with Crippen LogP contribution < -0.4 is 10.2 Å². The molecule has 0 fully saturated rings. The number of anilines is 2. The minimum Gasteiger partial charge on any atom is -0.357 e. The molecule has 1 N–H and O–H groups in total. The number of allylic oxidation sites excluding steroid dienone is 1. The van der Waals surface area contributed by atoms with Gasteiger partial charge in [-0.15, -0.1) is 0 Å². The number of hydrogen-bond donors (Lipinski definition) is 1. The van der Waals surface area contributed by atoms with E-state index in [9.17, 15) is 22.8 Å². The van der Waals surface area contributed by atoms with E-state index in [0.29, 0.717) is 33.3 Å². The third kappa shape index (κ3) is 4.49. The second-order valence-corrected chi connectivity index (χ2v) is 9.62. The molecule has 0 saturated carbocycles. The summed E-state index contributed by atoms with van der Waals surface area (Å²) in [6.07, 6.45) is -4.73. The van der Waals surface area contributed by atoms with Gasteiger partial charge in [-0.2, -0.15) is 13.2 Å². The number of Topliss-reactive ketones (excluding diaryl/α,β-unsaturated/α-hetero) is 1. The molecular weight excluding hydrogens is 512 g/mol. The van der Waals surface area contributed by atoms with E-state index >= 15 is 0 Å². The van der Waals surface area contributed by atoms with Gasteiger partial charge in [0.05, 0.1) is 17.4 Å². The second-order valence-electron chi connectivity index (χ2n) is 8.74. The van der Waals surface area contributed by atoms with Gasteiger partial charge in [0.15, 0.2) is 5.78 Å². The number of hydrogen-bond acceptors (Lipinski definition) is 3. The summed E-state index contributed by atoms with van der Waals surface area (Å²) in [6.45, 7) is 0. The third-order valence-electron chi connectivity index (χ3n) is 6.46. The molecule has 1 aliphatic heterocycles. The minimum absolute atomic E-state index is 0.0232. The molecule has 0 saturated heterocycles. The molecule has 36 heavy (non-hydrogen) atoms. The highest BCUT2D eigenvalue weighted by atomic mass is 35.5. The summed E-state index contributed by atoms with van der Waals surface area (Å²) in [7, 11) is 0. The summed E-state index contributed by atoms with van der Waals surface area (Å²) < 4.78 is 41.7. The van der Waals surface area contributed by atoms with Gasteiger partial charge in [0, 0.05) is 27.7 Å². The maximum Gasteiger partial charge on any atom is 0.471 e. The van der Waals surface area contributed by atoms with Crippen LogP contribution >= 0.6 is 23.2 Å². The van der Waals surface area contributed by atoms with E-state index in [4.69, 9.17) is 23.2 Å². The highest BCUT2D eigenvalue weighted by Crippen LogP contribution is 2.48. The van der Waals surface area contributed by atoms with Crippen LogP contribution in [0.3, 0.4) is 0 Å². The molecule has 1 aliphatic carbocycles. The molecule has 3 aromatic rings. The maximum absolute atomic E-state index is 13.9. The van der Waals surface area contributed by atoms with Gasteiger partial charge in [-0.3, -0.25) is 14.5 Å². The Morgan fingerprint density at radius 1 is 0.889 bits per heavy atom. The van der Waals surface area contributed by atoms with Crippen molar-refractivity contribution in [3.63, 3.8) is 0 Å². The molecule has 9 heteroatoms. The van der Waals surface area contributed by atoms with Gasteiger partial charge in [0.2, 0.25) is 0 Å². The number of amides is 1. The molecule has 1 heterocycles. The number of para-hydroxylation sites is 2. The van der Waals surface area contributed by atoms with Crippen LogP contribution in [0.25, 0.3) is 0 Å². The summed E-state index contributed by atoms with van der Waals surface area (Å²) in [5, 5.41) is 4.03. The van der Waals surface area contributed by atoms with Gasteiger partial charge in [-0.25, -0.2) is 0 Å². The lowest BCUT2D eigenvalue weighted by molar-refractivity contribution is -0.170. The van der Waals surface area contributed by atoms with Crippen LogP contribution in [0.15, 0.2) is 84.1 Å². The molecule has 2 aliphatic rings. The van der Waals surface area contributed by atoms with Crippen molar-refractivity contribution in [2.45, 2.75) is 31.0 Å². The number of nitrogens with zero attached hydrogens (tertiary/aromatic N) is 1. The molecule has 3 aromatic carbocycles. The molecule has 5 rings (SSSR count). The van der Waals surface area contributed by atoms with Gasteiger partial charge in [0.1, 0.15) is 0 Å². The number of carbonyl (C=O) groups excluding carboxylic acids is 2. The molecule has 184 valence electrons. The molecule has 1 amide bonds. The Bertz CT molecular complexity index is 1390. The maximum atomic E-state index is 13.9. The van der Waals surface area contributed by atoms with E-state index < -0.39 is 18.1 Å². The average molecular weight is 531 g/mol. The van der Waals surface area contributed by atoms with Crippen LogP contribution in [0.2, 0.25) is 10.0 Å². The summed E-state index contributed by atoms with van der Waals surface area (Å²) >= 11 is 12.2. The third-order valence-corrected chi connectivity index (χ3v) is 6.94. The second kappa shape index (κ2) is 9.30. The fourth-order valence-electron chi connectivity index (χ4n) is 4.91. The van der Waals surface area contributed by atoms with Gasteiger partial charge in [-0.05, 0) is 59.9 Å². The number of rotatable bonds is 2. The van der Waals surface area contributed by atoms with Crippen molar-refractivity contribution in [1.29, 1.82) is 0 Å². The Morgan fingerprint density at radius 2 is 1.61 bits per heavy atom. The first-order valence-corrected chi connectivity index (χ1v) is 11.9. The Hall–Kier alpha value is -3.29. The lowest BCUT2D eigenvalue weighted by atomic mass is 9.78. The van der Waals surface area contributed by atoms with Crippen LogP contribution in [-0.4, -0.2) is 17.9 Å². The molecule has 0 radical (unpaired) electrons. The van der Waals surface area contributed by atoms with Crippen molar-refractivity contribution < 1.29 is 22.8 Å². The summed E-state index contributed by atoms with van der Waals surface area (Å²) in [6, 6.07) is 18.3. The fraction of sp³-hybridized carbons (Fsp3) is 0.185. The predicted octanol–water partition coefficient (Wildman–Crippen LogP) is 7.46.